The van der Waals surface area contributed by atoms with E-state index >= 15 is 0 Å². The fraction of sp³-hybridized carbons (Fsp3) is 0.722. The number of amides is 1. The average molecular weight is 332 g/mol. The first kappa shape index (κ1) is 15.7. The Kier molecular flexibility index (Phi) is 3.48. The van der Waals surface area contributed by atoms with Crippen LogP contribution >= 0.6 is 0 Å². The molecule has 4 aliphatic carbocycles. The molecular formula is C18H24N2O4. The SMILES string of the molecule is Cc1nc(CC2CC2)oc1C(=O)NC12CCC(C(=O)O)(CC1)CC2. The van der Waals surface area contributed by atoms with Crippen molar-refractivity contribution >= 4 is 11.9 Å². The smallest absolute Gasteiger partial charge is 0.309 e. The van der Waals surface area contributed by atoms with Gasteiger partial charge in [0.15, 0.2) is 5.89 Å². The number of rotatable bonds is 5. The van der Waals surface area contributed by atoms with Crippen LogP contribution < -0.4 is 5.32 Å². The molecule has 1 heterocycles. The minimum absolute atomic E-state index is 0.202. The van der Waals surface area contributed by atoms with E-state index in [0.717, 1.165) is 25.7 Å². The van der Waals surface area contributed by atoms with E-state index in [0.29, 0.717) is 42.5 Å². The third-order valence-electron chi connectivity index (χ3n) is 6.29. The van der Waals surface area contributed by atoms with Crippen LogP contribution in [0.3, 0.4) is 0 Å². The standard InChI is InChI=1S/C18H24N2O4/c1-11-14(24-13(19-11)10-12-2-3-12)15(21)20-18-7-4-17(5-8-18,6-9-18)16(22)23/h12H,2-10H2,1H3,(H,20,21)(H,22,23). The number of hydrogen-bond donors (Lipinski definition) is 2. The molecule has 6 nitrogen and oxygen atoms in total. The zero-order valence-corrected chi connectivity index (χ0v) is 14.1. The summed E-state index contributed by atoms with van der Waals surface area (Å²) in [6.45, 7) is 1.81. The highest BCUT2D eigenvalue weighted by molar-refractivity contribution is 5.93. The second-order valence-corrected chi connectivity index (χ2v) is 7.99. The number of aliphatic carboxylic acids is 1. The number of carboxylic acids is 1. The Morgan fingerprint density at radius 2 is 1.83 bits per heavy atom. The van der Waals surface area contributed by atoms with Crippen LogP contribution in [0.2, 0.25) is 0 Å². The molecule has 6 heteroatoms. The molecule has 1 aromatic heterocycles. The minimum atomic E-state index is -0.682. The summed E-state index contributed by atoms with van der Waals surface area (Å²) in [5, 5.41) is 12.6. The number of carboxylic acid groups (broad SMARTS) is 1. The molecule has 0 atom stereocenters. The number of fused-ring (bicyclic) bond motifs is 3. The predicted octanol–water partition coefficient (Wildman–Crippen LogP) is 2.84. The number of carbonyl (C=O) groups excluding carboxylic acids is 1. The topological polar surface area (TPSA) is 92.4 Å². The number of nitrogens with zero attached hydrogens (tertiary/aromatic N) is 1. The highest BCUT2D eigenvalue weighted by atomic mass is 16.4. The Morgan fingerprint density at radius 1 is 1.21 bits per heavy atom. The van der Waals surface area contributed by atoms with E-state index in [2.05, 4.69) is 10.3 Å². The van der Waals surface area contributed by atoms with E-state index < -0.39 is 11.4 Å². The van der Waals surface area contributed by atoms with Gasteiger partial charge in [0.05, 0.1) is 11.1 Å². The van der Waals surface area contributed by atoms with Crippen molar-refractivity contribution in [2.45, 2.75) is 70.3 Å². The third-order valence-corrected chi connectivity index (χ3v) is 6.29. The molecule has 0 saturated heterocycles. The average Bonchev–Trinajstić information content (AvgIpc) is 3.29. The van der Waals surface area contributed by atoms with Gasteiger partial charge in [0.1, 0.15) is 0 Å². The van der Waals surface area contributed by atoms with Crippen LogP contribution in [0.25, 0.3) is 0 Å². The van der Waals surface area contributed by atoms with Crippen molar-refractivity contribution < 1.29 is 19.1 Å². The van der Waals surface area contributed by atoms with Gasteiger partial charge in [-0.1, -0.05) is 0 Å². The van der Waals surface area contributed by atoms with Crippen molar-refractivity contribution in [2.75, 3.05) is 0 Å². The van der Waals surface area contributed by atoms with E-state index in [1.54, 1.807) is 0 Å². The quantitative estimate of drug-likeness (QED) is 0.865. The number of carbonyl (C=O) groups is 2. The van der Waals surface area contributed by atoms with Gasteiger partial charge in [-0.25, -0.2) is 4.98 Å². The van der Waals surface area contributed by atoms with Crippen LogP contribution in [0.15, 0.2) is 4.42 Å². The molecule has 130 valence electrons. The molecule has 1 amide bonds. The summed E-state index contributed by atoms with van der Waals surface area (Å²) in [5.41, 5.74) is -0.193. The Morgan fingerprint density at radius 3 is 2.38 bits per heavy atom. The van der Waals surface area contributed by atoms with Crippen LogP contribution in [0, 0.1) is 18.3 Å². The highest BCUT2D eigenvalue weighted by Gasteiger charge is 2.53. The van der Waals surface area contributed by atoms with Gasteiger partial charge < -0.3 is 14.8 Å². The summed E-state index contributed by atoms with van der Waals surface area (Å²) >= 11 is 0. The van der Waals surface area contributed by atoms with Gasteiger partial charge in [-0.15, -0.1) is 0 Å². The first-order chi connectivity index (χ1) is 11.4. The van der Waals surface area contributed by atoms with E-state index in [4.69, 9.17) is 4.42 Å². The largest absolute Gasteiger partial charge is 0.481 e. The summed E-state index contributed by atoms with van der Waals surface area (Å²) in [6.07, 6.45) is 7.38. The number of nitrogens with one attached hydrogen (secondary N) is 1. The Bertz CT molecular complexity index is 665. The second kappa shape index (κ2) is 5.33. The first-order valence-electron chi connectivity index (χ1n) is 8.94. The summed E-state index contributed by atoms with van der Waals surface area (Å²) in [4.78, 5) is 28.6. The molecule has 5 rings (SSSR count). The van der Waals surface area contributed by atoms with Crippen molar-refractivity contribution in [1.29, 1.82) is 0 Å². The molecule has 2 bridgehead atoms. The molecule has 1 aromatic rings. The van der Waals surface area contributed by atoms with E-state index in [1.165, 1.54) is 12.8 Å². The molecule has 4 fully saturated rings. The van der Waals surface area contributed by atoms with Gasteiger partial charge >= 0.3 is 5.97 Å². The van der Waals surface area contributed by atoms with Crippen LogP contribution in [0.5, 0.6) is 0 Å². The maximum atomic E-state index is 12.7. The molecule has 0 aromatic carbocycles. The van der Waals surface area contributed by atoms with Crippen LogP contribution in [-0.2, 0) is 11.2 Å². The molecule has 4 aliphatic rings. The Labute approximate surface area is 141 Å². The Balaban J connectivity index is 1.45. The minimum Gasteiger partial charge on any atom is -0.481 e. The molecule has 2 N–H and O–H groups in total. The van der Waals surface area contributed by atoms with E-state index in [-0.39, 0.29) is 11.4 Å². The van der Waals surface area contributed by atoms with Crippen molar-refractivity contribution in [2.24, 2.45) is 11.3 Å². The van der Waals surface area contributed by atoms with Crippen molar-refractivity contribution in [3.8, 4) is 0 Å². The first-order valence-corrected chi connectivity index (χ1v) is 8.94. The van der Waals surface area contributed by atoms with Crippen LogP contribution in [0.4, 0.5) is 0 Å². The van der Waals surface area contributed by atoms with Gasteiger partial charge in [0.25, 0.3) is 5.91 Å². The maximum absolute atomic E-state index is 12.7. The van der Waals surface area contributed by atoms with Crippen molar-refractivity contribution in [3.05, 3.63) is 17.3 Å². The lowest BCUT2D eigenvalue weighted by atomic mass is 9.57. The zero-order chi connectivity index (χ0) is 16.9. The molecule has 0 spiro atoms. The monoisotopic (exact) mass is 332 g/mol. The zero-order valence-electron chi connectivity index (χ0n) is 14.1. The molecular weight excluding hydrogens is 308 g/mol. The summed E-state index contributed by atoms with van der Waals surface area (Å²) in [7, 11) is 0. The van der Waals surface area contributed by atoms with Crippen molar-refractivity contribution in [3.63, 3.8) is 0 Å². The van der Waals surface area contributed by atoms with Gasteiger partial charge in [-0.2, -0.15) is 0 Å². The van der Waals surface area contributed by atoms with Gasteiger partial charge in [0.2, 0.25) is 5.76 Å². The fourth-order valence-electron chi connectivity index (χ4n) is 4.31. The third kappa shape index (κ3) is 2.62. The van der Waals surface area contributed by atoms with Gasteiger partial charge in [-0.05, 0) is 64.2 Å². The van der Waals surface area contributed by atoms with E-state index in [1.807, 2.05) is 6.92 Å². The summed E-state index contributed by atoms with van der Waals surface area (Å²) in [5.74, 6) is 0.763. The highest BCUT2D eigenvalue weighted by Crippen LogP contribution is 2.52. The lowest BCUT2D eigenvalue weighted by molar-refractivity contribution is -0.156. The number of aromatic nitrogens is 1. The number of aryl methyl sites for hydroxylation is 1. The van der Waals surface area contributed by atoms with E-state index in [9.17, 15) is 14.7 Å². The lowest BCUT2D eigenvalue weighted by Gasteiger charge is -2.51. The maximum Gasteiger partial charge on any atom is 0.309 e. The lowest BCUT2D eigenvalue weighted by Crippen LogP contribution is -2.58. The summed E-state index contributed by atoms with van der Waals surface area (Å²) < 4.78 is 5.71. The molecule has 0 radical (unpaired) electrons. The number of oxazole rings is 1. The van der Waals surface area contributed by atoms with Gasteiger partial charge in [-0.3, -0.25) is 9.59 Å². The molecule has 0 unspecified atom stereocenters. The van der Waals surface area contributed by atoms with Crippen LogP contribution in [0.1, 0.15) is 73.5 Å². The number of hydrogen-bond acceptors (Lipinski definition) is 4. The predicted molar refractivity (Wildman–Crippen MR) is 85.6 cm³/mol. The molecule has 4 saturated carbocycles. The normalized spacial score (nSPS) is 31.9. The fourth-order valence-corrected chi connectivity index (χ4v) is 4.31. The molecule has 24 heavy (non-hydrogen) atoms. The van der Waals surface area contributed by atoms with Gasteiger partial charge in [0, 0.05) is 12.0 Å². The summed E-state index contributed by atoms with van der Waals surface area (Å²) in [6, 6.07) is 0. The van der Waals surface area contributed by atoms with Crippen LogP contribution in [-0.4, -0.2) is 27.5 Å². The Hall–Kier alpha value is -1.85. The molecule has 0 aliphatic heterocycles. The van der Waals surface area contributed by atoms with Crippen molar-refractivity contribution in [1.82, 2.24) is 10.3 Å². The second-order valence-electron chi connectivity index (χ2n) is 7.99.